The van der Waals surface area contributed by atoms with Crippen molar-refractivity contribution in [2.24, 2.45) is 31.6 Å². The van der Waals surface area contributed by atoms with Gasteiger partial charge in [-0.25, -0.2) is 47.4 Å². The lowest BCUT2D eigenvalue weighted by atomic mass is 10.1. The number of carbonyl (C=O) groups is 1. The number of rotatable bonds is 23. The molecule has 8 rings (SSSR count). The molecule has 0 radical (unpaired) electrons. The number of nitrogens with one attached hydrogen (secondary N) is 4. The summed E-state index contributed by atoms with van der Waals surface area (Å²) < 4.78 is 117. The molecule has 0 bridgehead atoms. The van der Waals surface area contributed by atoms with Crippen LogP contribution in [0.3, 0.4) is 0 Å². The zero-order chi connectivity index (χ0) is 77.8. The molecule has 0 aromatic heterocycles. The highest BCUT2D eigenvalue weighted by molar-refractivity contribution is 7.66. The van der Waals surface area contributed by atoms with Crippen LogP contribution < -0.4 is 27.7 Å². The summed E-state index contributed by atoms with van der Waals surface area (Å²) in [5.41, 5.74) is 13.0. The molecule has 27 N–H and O–H groups in total. The Morgan fingerprint density at radius 2 is 0.692 bits per heavy atom. The van der Waals surface area contributed by atoms with Crippen molar-refractivity contribution < 1.29 is 188 Å². The lowest BCUT2D eigenvalue weighted by Crippen LogP contribution is -2.42. The summed E-state index contributed by atoms with van der Waals surface area (Å²) in [5, 5.41) is 116. The van der Waals surface area contributed by atoms with E-state index in [2.05, 4.69) is 72.8 Å². The van der Waals surface area contributed by atoms with Crippen molar-refractivity contribution >= 4 is 76.2 Å². The quantitative estimate of drug-likeness (QED) is 0.0257. The van der Waals surface area contributed by atoms with Crippen LogP contribution in [-0.4, -0.2) is 285 Å². The molecule has 58 heteroatoms. The summed E-state index contributed by atoms with van der Waals surface area (Å²) in [7, 11) is -31.8. The SMILES string of the molecule is C.C=C1N=C(NO)C=CN1[C@@H]1O[C@H](COC(=O)[C@@H](N)C(C)C)[C@@H](O)[C@H]1O.C=C1N=C(NO)C=CN1[C@@H]1O[C@H](COP(=O)(O)O)[C@@H](O)[C@H]1O.C=C1N=C(NO)C=CN1[C@@H]1O[C@H](COP(=O)(O)OP(=O)(O)O)[C@@H](O)[C@H]1O.C=C1N=C(NO)C=CN1[C@@H]1O[C@H](COP(=O)(O)OP(=O)(O)OP(=O)(O)O)[C@@H](O)[C@H]1O. The molecule has 4 fully saturated rings. The number of phosphoric ester groups is 3. The standard InChI is InChI=1S/C15H24N4O6.C10H18N3O14P3.C10H17N3O11P2.C10H16N3O8P.CH4/c1-7(2)11(16)15(22)24-6-9-12(20)13(21)14(25-9)19-5-4-10(18-23)17-8(19)3;1-5-11-7(12-16)2-3-13(5)10-9(15)8(14)6(25-10)4-24-29(20,21)27-30(22,23)26-28(17,18)19;1-5-11-7(12-16)2-3-13(5)10-9(15)8(14)6(23-10)4-22-26(20,21)24-25(17,18)19;1-5-11-7(12-16)2-3-13(5)10-9(15)8(14)6(21-10)4-20-22(17,18)19;/h4-5,7,9,11-14,20-21,23H,3,6,16H2,1-2H3,(H,17,18);2-3,6,8-10,14-16H,1,4H2,(H,11,12)(H,20,21)(H,22,23)(H2,17,18,19);2-3,6,8-10,14-16H,1,4H2,(H,11,12)(H,20,21)(H2,17,18,19);2-3,6,8-10,14-16H,1,4H2,(H,11,12)(H2,17,18,19);1H4/t9-,11+,12-,13-,14-;3*6-,8-,9-,10-;/m1111./s1. The number of hydrogen-bond donors (Lipinski definition) is 26. The molecule has 592 valence electrons. The number of phosphoric acid groups is 6. The molecule has 8 aliphatic heterocycles. The smallest absolute Gasteiger partial charge is 0.462 e. The predicted molar refractivity (Wildman–Crippen MR) is 340 cm³/mol. The third kappa shape index (κ3) is 26.2. The number of nitrogens with zero attached hydrogens (tertiary/aromatic N) is 8. The predicted octanol–water partition coefficient (Wildman–Crippen LogP) is -5.71. The van der Waals surface area contributed by atoms with Gasteiger partial charge in [0, 0.05) is 24.8 Å². The van der Waals surface area contributed by atoms with Gasteiger partial charge in [-0.15, -0.1) is 0 Å². The van der Waals surface area contributed by atoms with E-state index in [4.69, 9.17) is 84.5 Å². The molecule has 0 spiro atoms. The van der Waals surface area contributed by atoms with E-state index < -0.39 is 177 Å². The van der Waals surface area contributed by atoms with Gasteiger partial charge in [-0.2, -0.15) is 12.9 Å². The summed E-state index contributed by atoms with van der Waals surface area (Å²) in [6, 6.07) is -0.775. The van der Waals surface area contributed by atoms with Crippen LogP contribution in [0.1, 0.15) is 21.3 Å². The van der Waals surface area contributed by atoms with E-state index in [0.29, 0.717) is 0 Å². The second-order valence-electron chi connectivity index (χ2n) is 21.6. The summed E-state index contributed by atoms with van der Waals surface area (Å²) in [5.74, 6) is 0.0186. The van der Waals surface area contributed by atoms with Crippen LogP contribution >= 0.6 is 46.9 Å². The van der Waals surface area contributed by atoms with Gasteiger partial charge < -0.3 is 134 Å². The van der Waals surface area contributed by atoms with Crippen molar-refractivity contribution in [2.45, 2.75) is 125 Å². The van der Waals surface area contributed by atoms with E-state index >= 15 is 0 Å². The summed E-state index contributed by atoms with van der Waals surface area (Å²) in [6.45, 7) is 15.4. The van der Waals surface area contributed by atoms with Crippen LogP contribution in [0.5, 0.6) is 0 Å². The molecule has 0 aromatic carbocycles. The van der Waals surface area contributed by atoms with Crippen LogP contribution in [0.25, 0.3) is 0 Å². The van der Waals surface area contributed by atoms with Gasteiger partial charge >= 0.3 is 52.9 Å². The monoisotopic (exact) mass is 1620 g/mol. The molecule has 8 heterocycles. The molecule has 0 aromatic rings. The van der Waals surface area contributed by atoms with Crippen molar-refractivity contribution in [1.29, 1.82) is 0 Å². The first kappa shape index (κ1) is 91.0. The van der Waals surface area contributed by atoms with E-state index in [-0.39, 0.29) is 66.6 Å². The molecule has 3 unspecified atom stereocenters. The van der Waals surface area contributed by atoms with Gasteiger partial charge in [-0.3, -0.25) is 61.1 Å². The fourth-order valence-corrected chi connectivity index (χ4v) is 13.9. The van der Waals surface area contributed by atoms with Crippen molar-refractivity contribution in [3.8, 4) is 0 Å². The summed E-state index contributed by atoms with van der Waals surface area (Å²) >= 11 is 0. The number of hydrogen-bond acceptors (Lipinski definition) is 43. The molecule has 20 atom stereocenters. The summed E-state index contributed by atoms with van der Waals surface area (Å²) in [6.07, 6.45) is -10.2. The number of amidine groups is 4. The van der Waals surface area contributed by atoms with Gasteiger partial charge in [0.15, 0.2) is 48.3 Å². The summed E-state index contributed by atoms with van der Waals surface area (Å²) in [4.78, 5) is 111. The molecule has 8 aliphatic rings. The Bertz CT molecular complexity index is 3610. The third-order valence-corrected chi connectivity index (χ3v) is 20.3. The van der Waals surface area contributed by atoms with Crippen LogP contribution in [0.4, 0.5) is 0 Å². The number of aliphatic hydroxyl groups is 8. The second-order valence-corrected chi connectivity index (χ2v) is 30.1. The van der Waals surface area contributed by atoms with Gasteiger partial charge in [-0.05, 0) is 30.2 Å². The number of aliphatic hydroxyl groups excluding tert-OH is 8. The van der Waals surface area contributed by atoms with E-state index in [1.165, 1.54) is 68.7 Å². The number of aliphatic imine (C=N–C) groups is 4. The fourth-order valence-electron chi connectivity index (χ4n) is 8.95. The van der Waals surface area contributed by atoms with Crippen molar-refractivity contribution in [3.05, 3.63) is 98.7 Å². The first-order chi connectivity index (χ1) is 47.6. The Kier molecular flexibility index (Phi) is 33.3. The van der Waals surface area contributed by atoms with E-state index in [0.717, 1.165) is 0 Å². The van der Waals surface area contributed by atoms with Crippen LogP contribution in [0.2, 0.25) is 0 Å². The first-order valence-corrected chi connectivity index (χ1v) is 37.4. The maximum Gasteiger partial charge on any atom is 0.490 e. The molecule has 0 amide bonds. The Morgan fingerprint density at radius 1 is 0.442 bits per heavy atom. The number of hydroxylamine groups is 4. The highest BCUT2D eigenvalue weighted by atomic mass is 31.3. The second kappa shape index (κ2) is 38.1. The average Bonchev–Trinajstić information content (AvgIpc) is 1.67. The molecule has 0 aliphatic carbocycles. The van der Waals surface area contributed by atoms with Crippen LogP contribution in [0, 0.1) is 5.92 Å². The molecule has 104 heavy (non-hydrogen) atoms. The number of nitrogens with two attached hydrogens (primary N) is 1. The Hall–Kier alpha value is -5.43. The number of ether oxygens (including phenoxy) is 5. The van der Waals surface area contributed by atoms with Gasteiger partial charge in [-0.1, -0.05) is 47.6 Å². The van der Waals surface area contributed by atoms with Crippen molar-refractivity contribution in [3.63, 3.8) is 0 Å². The van der Waals surface area contributed by atoms with Crippen LogP contribution in [0.15, 0.2) is 119 Å². The Morgan fingerprint density at radius 3 is 0.933 bits per heavy atom. The zero-order valence-electron chi connectivity index (χ0n) is 52.7. The average molecular weight is 1620 g/mol. The minimum Gasteiger partial charge on any atom is -0.462 e. The molecular weight excluding hydrogens is 1540 g/mol. The lowest BCUT2D eigenvalue weighted by molar-refractivity contribution is -0.153. The molecule has 4 saturated heterocycles. The van der Waals surface area contributed by atoms with Gasteiger partial charge in [0.1, 0.15) is 109 Å². The number of esters is 1. The van der Waals surface area contributed by atoms with Crippen LogP contribution in [-0.2, 0) is 82.4 Å². The van der Waals surface area contributed by atoms with E-state index in [1.54, 1.807) is 24.8 Å². The van der Waals surface area contributed by atoms with Crippen molar-refractivity contribution in [2.75, 3.05) is 26.4 Å². The topological polar surface area (TPSA) is 782 Å². The maximum atomic E-state index is 11.8. The Balaban J connectivity index is 0.000000294. The first-order valence-electron chi connectivity index (χ1n) is 28.3. The fraction of sp³-hybridized carbons (Fsp3) is 0.543. The highest BCUT2D eigenvalue weighted by Gasteiger charge is 2.52. The van der Waals surface area contributed by atoms with Crippen molar-refractivity contribution in [1.82, 2.24) is 41.5 Å². The number of carbonyl (C=O) groups excluding carboxylic acids is 1. The molecule has 0 saturated carbocycles. The zero-order valence-corrected chi connectivity index (χ0v) is 58.1. The normalized spacial score (nSPS) is 31.1. The van der Waals surface area contributed by atoms with E-state index in [1.807, 2.05) is 11.0 Å². The van der Waals surface area contributed by atoms with Gasteiger partial charge in [0.2, 0.25) is 0 Å². The minimum absolute atomic E-state index is 0. The van der Waals surface area contributed by atoms with E-state index in [9.17, 15) is 82.8 Å². The Labute approximate surface area is 586 Å². The lowest BCUT2D eigenvalue weighted by Gasteiger charge is -2.30. The van der Waals surface area contributed by atoms with Gasteiger partial charge in [0.25, 0.3) is 0 Å². The highest BCUT2D eigenvalue weighted by Crippen LogP contribution is 2.66. The molecular formula is C46H79N13O39P6. The molecule has 52 nitrogen and oxygen atoms in total. The largest absolute Gasteiger partial charge is 0.490 e. The third-order valence-electron chi connectivity index (χ3n) is 13.9. The van der Waals surface area contributed by atoms with Gasteiger partial charge in [0.05, 0.1) is 19.8 Å². The minimum atomic E-state index is -5.70. The maximum absolute atomic E-state index is 11.8.